The molecule has 0 aliphatic heterocycles. The van der Waals surface area contributed by atoms with Crippen LogP contribution in [0.25, 0.3) is 5.69 Å². The molecule has 1 aliphatic rings. The van der Waals surface area contributed by atoms with Gasteiger partial charge in [0, 0.05) is 36.9 Å². The first-order valence-corrected chi connectivity index (χ1v) is 7.23. The van der Waals surface area contributed by atoms with E-state index in [0.29, 0.717) is 12.1 Å². The molecule has 0 amide bonds. The second-order valence-electron chi connectivity index (χ2n) is 5.37. The number of imidazole rings is 1. The zero-order valence-electron chi connectivity index (χ0n) is 11.8. The number of aromatic nitrogens is 2. The molecule has 1 aromatic heterocycles. The monoisotopic (exact) mass is 271 g/mol. The Hall–Kier alpha value is -1.81. The number of nitrogens with zero attached hydrogens (tertiary/aromatic N) is 2. The molecule has 106 valence electrons. The molecular formula is C16H21N3O. The number of hydrogen-bond donors (Lipinski definition) is 1. The van der Waals surface area contributed by atoms with Crippen LogP contribution in [0.2, 0.25) is 0 Å². The van der Waals surface area contributed by atoms with Crippen LogP contribution in [-0.4, -0.2) is 28.8 Å². The van der Waals surface area contributed by atoms with Crippen molar-refractivity contribution < 1.29 is 4.74 Å². The maximum absolute atomic E-state index is 5.42. The maximum atomic E-state index is 5.42. The highest BCUT2D eigenvalue weighted by molar-refractivity contribution is 5.51. The van der Waals surface area contributed by atoms with Gasteiger partial charge in [-0.2, -0.15) is 0 Å². The van der Waals surface area contributed by atoms with Gasteiger partial charge in [0.25, 0.3) is 0 Å². The van der Waals surface area contributed by atoms with Crippen LogP contribution >= 0.6 is 0 Å². The number of nitrogens with one attached hydrogen (secondary N) is 1. The minimum Gasteiger partial charge on any atom is -0.382 e. The zero-order valence-corrected chi connectivity index (χ0v) is 11.8. The van der Waals surface area contributed by atoms with Crippen LogP contribution < -0.4 is 5.32 Å². The lowest BCUT2D eigenvalue weighted by Crippen LogP contribution is -2.29. The highest BCUT2D eigenvalue weighted by Gasteiger charge is 2.20. The van der Waals surface area contributed by atoms with Gasteiger partial charge in [-0.05, 0) is 43.9 Å². The predicted octanol–water partition coefficient (Wildman–Crippen LogP) is 3.24. The summed E-state index contributed by atoms with van der Waals surface area (Å²) in [6.45, 7) is 0. The van der Waals surface area contributed by atoms with Gasteiger partial charge in [0.1, 0.15) is 0 Å². The van der Waals surface area contributed by atoms with Crippen LogP contribution in [0, 0.1) is 0 Å². The highest BCUT2D eigenvalue weighted by Crippen LogP contribution is 2.24. The molecule has 2 aromatic rings. The Bertz CT molecular complexity index is 530. The summed E-state index contributed by atoms with van der Waals surface area (Å²) >= 11 is 0. The van der Waals surface area contributed by atoms with E-state index in [2.05, 4.69) is 34.6 Å². The molecule has 4 heteroatoms. The predicted molar refractivity (Wildman–Crippen MR) is 80.2 cm³/mol. The van der Waals surface area contributed by atoms with E-state index in [1.54, 1.807) is 6.20 Å². The SMILES string of the molecule is COC1CCC(Nc2cccc(-n3ccnc3)c2)CC1. The summed E-state index contributed by atoms with van der Waals surface area (Å²) < 4.78 is 7.44. The van der Waals surface area contributed by atoms with E-state index >= 15 is 0 Å². The van der Waals surface area contributed by atoms with E-state index in [1.165, 1.54) is 18.5 Å². The van der Waals surface area contributed by atoms with E-state index in [0.717, 1.165) is 18.5 Å². The normalized spacial score (nSPS) is 22.6. The van der Waals surface area contributed by atoms with Crippen molar-refractivity contribution in [1.29, 1.82) is 0 Å². The number of methoxy groups -OCH3 is 1. The Morgan fingerprint density at radius 3 is 2.80 bits per heavy atom. The van der Waals surface area contributed by atoms with Gasteiger partial charge in [0.15, 0.2) is 0 Å². The van der Waals surface area contributed by atoms with E-state index < -0.39 is 0 Å². The Morgan fingerprint density at radius 1 is 1.25 bits per heavy atom. The first-order chi connectivity index (χ1) is 9.85. The van der Waals surface area contributed by atoms with Crippen molar-refractivity contribution in [2.24, 2.45) is 0 Å². The molecule has 0 bridgehead atoms. The second-order valence-corrected chi connectivity index (χ2v) is 5.37. The van der Waals surface area contributed by atoms with Crippen molar-refractivity contribution in [3.05, 3.63) is 43.0 Å². The molecule has 1 saturated carbocycles. The van der Waals surface area contributed by atoms with Crippen LogP contribution in [-0.2, 0) is 4.74 Å². The van der Waals surface area contributed by atoms with Crippen molar-refractivity contribution in [1.82, 2.24) is 9.55 Å². The molecule has 0 saturated heterocycles. The molecule has 1 aliphatic carbocycles. The van der Waals surface area contributed by atoms with E-state index in [-0.39, 0.29) is 0 Å². The van der Waals surface area contributed by atoms with Gasteiger partial charge in [-0.3, -0.25) is 0 Å². The lowest BCUT2D eigenvalue weighted by molar-refractivity contribution is 0.0682. The topological polar surface area (TPSA) is 39.1 Å². The molecule has 3 rings (SSSR count). The van der Waals surface area contributed by atoms with Gasteiger partial charge in [0.05, 0.1) is 12.4 Å². The Balaban J connectivity index is 1.65. The fraction of sp³-hybridized carbons (Fsp3) is 0.438. The first kappa shape index (κ1) is 13.2. The average molecular weight is 271 g/mol. The van der Waals surface area contributed by atoms with Crippen molar-refractivity contribution in [2.45, 2.75) is 37.8 Å². The molecule has 1 aromatic carbocycles. The van der Waals surface area contributed by atoms with Crippen LogP contribution in [0.15, 0.2) is 43.0 Å². The summed E-state index contributed by atoms with van der Waals surface area (Å²) in [6.07, 6.45) is 10.7. The van der Waals surface area contributed by atoms with Crippen LogP contribution in [0.1, 0.15) is 25.7 Å². The summed E-state index contributed by atoms with van der Waals surface area (Å²) in [4.78, 5) is 4.09. The van der Waals surface area contributed by atoms with E-state index in [9.17, 15) is 0 Å². The number of hydrogen-bond acceptors (Lipinski definition) is 3. The van der Waals surface area contributed by atoms with Gasteiger partial charge < -0.3 is 14.6 Å². The van der Waals surface area contributed by atoms with Gasteiger partial charge in [-0.25, -0.2) is 4.98 Å². The smallest absolute Gasteiger partial charge is 0.0991 e. The van der Waals surface area contributed by atoms with Crippen molar-refractivity contribution in [3.8, 4) is 5.69 Å². The maximum Gasteiger partial charge on any atom is 0.0991 e. The third-order valence-electron chi connectivity index (χ3n) is 4.03. The minimum atomic E-state index is 0.449. The summed E-state index contributed by atoms with van der Waals surface area (Å²) in [5.74, 6) is 0. The van der Waals surface area contributed by atoms with Crippen LogP contribution in [0.3, 0.4) is 0 Å². The van der Waals surface area contributed by atoms with Crippen molar-refractivity contribution >= 4 is 5.69 Å². The number of anilines is 1. The number of rotatable bonds is 4. The Morgan fingerprint density at radius 2 is 2.10 bits per heavy atom. The lowest BCUT2D eigenvalue weighted by atomic mass is 9.93. The minimum absolute atomic E-state index is 0.449. The summed E-state index contributed by atoms with van der Waals surface area (Å²) in [7, 11) is 1.81. The third kappa shape index (κ3) is 3.02. The van der Waals surface area contributed by atoms with E-state index in [4.69, 9.17) is 4.74 Å². The largest absolute Gasteiger partial charge is 0.382 e. The molecule has 0 unspecified atom stereocenters. The Kier molecular flexibility index (Phi) is 4.02. The summed E-state index contributed by atoms with van der Waals surface area (Å²) in [5, 5.41) is 3.64. The van der Waals surface area contributed by atoms with Gasteiger partial charge in [-0.15, -0.1) is 0 Å². The second kappa shape index (κ2) is 6.09. The average Bonchev–Trinajstić information content (AvgIpc) is 3.03. The summed E-state index contributed by atoms with van der Waals surface area (Å²) in [5.41, 5.74) is 2.31. The van der Waals surface area contributed by atoms with Gasteiger partial charge >= 0.3 is 0 Å². The first-order valence-electron chi connectivity index (χ1n) is 7.23. The number of ether oxygens (including phenoxy) is 1. The molecular weight excluding hydrogens is 250 g/mol. The molecule has 1 N–H and O–H groups in total. The molecule has 4 nitrogen and oxygen atoms in total. The molecule has 0 atom stereocenters. The third-order valence-corrected chi connectivity index (χ3v) is 4.03. The standard InChI is InChI=1S/C16H21N3O/c1-20-16-7-5-13(6-8-16)18-14-3-2-4-15(11-14)19-10-9-17-12-19/h2-4,9-13,16,18H,5-8H2,1H3. The molecule has 0 radical (unpaired) electrons. The molecule has 0 spiro atoms. The molecule has 1 fully saturated rings. The van der Waals surface area contributed by atoms with E-state index in [1.807, 2.05) is 24.2 Å². The zero-order chi connectivity index (χ0) is 13.8. The van der Waals surface area contributed by atoms with Crippen molar-refractivity contribution in [3.63, 3.8) is 0 Å². The molecule has 1 heterocycles. The quantitative estimate of drug-likeness (QED) is 0.928. The fourth-order valence-electron chi connectivity index (χ4n) is 2.85. The van der Waals surface area contributed by atoms with Gasteiger partial charge in [0.2, 0.25) is 0 Å². The Labute approximate surface area is 119 Å². The van der Waals surface area contributed by atoms with Crippen molar-refractivity contribution in [2.75, 3.05) is 12.4 Å². The molecule has 20 heavy (non-hydrogen) atoms. The van der Waals surface area contributed by atoms with Crippen LogP contribution in [0.5, 0.6) is 0 Å². The van der Waals surface area contributed by atoms with Gasteiger partial charge in [-0.1, -0.05) is 6.07 Å². The number of benzene rings is 1. The highest BCUT2D eigenvalue weighted by atomic mass is 16.5. The lowest BCUT2D eigenvalue weighted by Gasteiger charge is -2.29. The summed E-state index contributed by atoms with van der Waals surface area (Å²) in [6, 6.07) is 9.03. The van der Waals surface area contributed by atoms with Crippen LogP contribution in [0.4, 0.5) is 5.69 Å². The fourth-order valence-corrected chi connectivity index (χ4v) is 2.85.